The molecular formula is C20H26ClN5O2Si. The van der Waals surface area contributed by atoms with Crippen LogP contribution in [0.1, 0.15) is 19.8 Å². The van der Waals surface area contributed by atoms with Crippen LogP contribution in [-0.2, 0) is 11.5 Å². The van der Waals surface area contributed by atoms with Crippen LogP contribution in [0.15, 0.2) is 24.5 Å². The van der Waals surface area contributed by atoms with Crippen LogP contribution >= 0.6 is 11.6 Å². The number of hydrogen-bond donors (Lipinski definition) is 0. The lowest BCUT2D eigenvalue weighted by molar-refractivity contribution is 0.0802. The summed E-state index contributed by atoms with van der Waals surface area (Å²) in [6.45, 7) is 10.1. The van der Waals surface area contributed by atoms with Gasteiger partial charge in [-0.15, -0.1) is 0 Å². The molecule has 0 amide bonds. The van der Waals surface area contributed by atoms with Gasteiger partial charge in [-0.2, -0.15) is 5.10 Å². The Balaban J connectivity index is 1.68. The number of halogens is 1. The molecule has 1 aliphatic carbocycles. The molecule has 0 bridgehead atoms. The monoisotopic (exact) mass is 431 g/mol. The summed E-state index contributed by atoms with van der Waals surface area (Å²) in [6, 6.07) is 6.60. The minimum absolute atomic E-state index is 0.102. The van der Waals surface area contributed by atoms with E-state index in [9.17, 15) is 0 Å². The molecular weight excluding hydrogens is 406 g/mol. The summed E-state index contributed by atoms with van der Waals surface area (Å²) in [5, 5.41) is 5.06. The highest BCUT2D eigenvalue weighted by Crippen LogP contribution is 2.39. The quantitative estimate of drug-likeness (QED) is 0.290. The molecule has 0 aromatic carbocycles. The molecule has 7 nitrogen and oxygen atoms in total. The highest BCUT2D eigenvalue weighted by molar-refractivity contribution is 6.76. The van der Waals surface area contributed by atoms with E-state index in [1.165, 1.54) is 6.33 Å². The van der Waals surface area contributed by atoms with Crippen LogP contribution in [0.4, 0.5) is 0 Å². The molecule has 29 heavy (non-hydrogen) atoms. The molecule has 3 heterocycles. The predicted molar refractivity (Wildman–Crippen MR) is 116 cm³/mol. The van der Waals surface area contributed by atoms with Crippen molar-refractivity contribution in [1.82, 2.24) is 24.7 Å². The number of rotatable bonds is 8. The van der Waals surface area contributed by atoms with Gasteiger partial charge in [0.15, 0.2) is 0 Å². The first-order valence-electron chi connectivity index (χ1n) is 9.85. The van der Waals surface area contributed by atoms with Crippen molar-refractivity contribution in [3.05, 3.63) is 29.7 Å². The lowest BCUT2D eigenvalue weighted by Crippen LogP contribution is -2.22. The maximum atomic E-state index is 6.12. The maximum Gasteiger partial charge on any atom is 0.214 e. The van der Waals surface area contributed by atoms with Gasteiger partial charge in [0.05, 0.1) is 5.69 Å². The molecule has 0 aliphatic heterocycles. The van der Waals surface area contributed by atoms with Gasteiger partial charge < -0.3 is 9.47 Å². The van der Waals surface area contributed by atoms with Crippen molar-refractivity contribution in [3.8, 4) is 17.3 Å². The van der Waals surface area contributed by atoms with Gasteiger partial charge in [0.25, 0.3) is 0 Å². The molecule has 4 rings (SSSR count). The Bertz CT molecular complexity index is 1030. The van der Waals surface area contributed by atoms with E-state index in [0.717, 1.165) is 35.6 Å². The van der Waals surface area contributed by atoms with Gasteiger partial charge in [-0.3, -0.25) is 0 Å². The smallest absolute Gasteiger partial charge is 0.214 e. The van der Waals surface area contributed by atoms with Crippen LogP contribution in [0, 0.1) is 0 Å². The molecule has 3 aromatic heterocycles. The van der Waals surface area contributed by atoms with E-state index < -0.39 is 8.07 Å². The molecule has 0 unspecified atom stereocenters. The Morgan fingerprint density at radius 1 is 1.21 bits per heavy atom. The second-order valence-electron chi connectivity index (χ2n) is 8.99. The summed E-state index contributed by atoms with van der Waals surface area (Å²) in [7, 11) is -1.16. The molecule has 1 aliphatic rings. The first-order valence-corrected chi connectivity index (χ1v) is 13.9. The standard InChI is InChI=1S/C20H26ClN5O2Si/c1-20(7-8-20)28-17-6-5-14-18(24-17)19(15-11-16(21)23-12-22-15)26(25-14)13-27-9-10-29(2,3)4/h5-6,11-12H,7-10,13H2,1-4H3. The van der Waals surface area contributed by atoms with Crippen LogP contribution in [0.5, 0.6) is 5.88 Å². The Hall–Kier alpha value is -2.03. The molecule has 1 fully saturated rings. The van der Waals surface area contributed by atoms with Gasteiger partial charge in [-0.1, -0.05) is 31.2 Å². The highest BCUT2D eigenvalue weighted by Gasteiger charge is 2.40. The van der Waals surface area contributed by atoms with Gasteiger partial charge in [-0.05, 0) is 31.9 Å². The molecule has 0 N–H and O–H groups in total. The van der Waals surface area contributed by atoms with Crippen molar-refractivity contribution >= 4 is 30.7 Å². The van der Waals surface area contributed by atoms with Gasteiger partial charge in [0.1, 0.15) is 40.5 Å². The van der Waals surface area contributed by atoms with E-state index in [2.05, 4.69) is 41.6 Å². The summed E-state index contributed by atoms with van der Waals surface area (Å²) in [5.74, 6) is 0.595. The number of pyridine rings is 1. The third-order valence-electron chi connectivity index (χ3n) is 4.95. The van der Waals surface area contributed by atoms with E-state index in [1.807, 2.05) is 12.1 Å². The third kappa shape index (κ3) is 4.94. The molecule has 1 saturated carbocycles. The zero-order chi connectivity index (χ0) is 20.6. The largest absolute Gasteiger partial charge is 0.471 e. The fourth-order valence-corrected chi connectivity index (χ4v) is 3.82. The van der Waals surface area contributed by atoms with Gasteiger partial charge in [-0.25, -0.2) is 19.6 Å². The van der Waals surface area contributed by atoms with E-state index in [-0.39, 0.29) is 5.60 Å². The number of hydrogen-bond acceptors (Lipinski definition) is 6. The van der Waals surface area contributed by atoms with Crippen molar-refractivity contribution < 1.29 is 9.47 Å². The van der Waals surface area contributed by atoms with Crippen LogP contribution in [0.25, 0.3) is 22.4 Å². The van der Waals surface area contributed by atoms with Crippen molar-refractivity contribution in [2.24, 2.45) is 0 Å². The predicted octanol–water partition coefficient (Wildman–Crippen LogP) is 4.79. The van der Waals surface area contributed by atoms with Crippen LogP contribution in [-0.4, -0.2) is 45.0 Å². The van der Waals surface area contributed by atoms with Crippen molar-refractivity contribution in [3.63, 3.8) is 0 Å². The summed E-state index contributed by atoms with van der Waals surface area (Å²) < 4.78 is 13.8. The summed E-state index contributed by atoms with van der Waals surface area (Å²) >= 11 is 6.12. The van der Waals surface area contributed by atoms with Gasteiger partial charge in [0, 0.05) is 26.8 Å². The topological polar surface area (TPSA) is 75.0 Å². The highest BCUT2D eigenvalue weighted by atomic mass is 35.5. The van der Waals surface area contributed by atoms with Crippen LogP contribution < -0.4 is 4.74 Å². The van der Waals surface area contributed by atoms with Gasteiger partial charge in [0.2, 0.25) is 5.88 Å². The molecule has 0 atom stereocenters. The number of fused-ring (bicyclic) bond motifs is 1. The lowest BCUT2D eigenvalue weighted by Gasteiger charge is -2.15. The molecule has 0 saturated heterocycles. The molecule has 3 aromatic rings. The van der Waals surface area contributed by atoms with Gasteiger partial charge >= 0.3 is 0 Å². The Kier molecular flexibility index (Phi) is 5.35. The van der Waals surface area contributed by atoms with Crippen molar-refractivity contribution in [2.75, 3.05) is 6.61 Å². The van der Waals surface area contributed by atoms with E-state index in [4.69, 9.17) is 26.1 Å². The summed E-state index contributed by atoms with van der Waals surface area (Å²) in [5.41, 5.74) is 2.79. The lowest BCUT2D eigenvalue weighted by atomic mass is 10.2. The molecule has 0 spiro atoms. The molecule has 9 heteroatoms. The second-order valence-corrected chi connectivity index (χ2v) is 15.0. The molecule has 154 valence electrons. The van der Waals surface area contributed by atoms with Crippen LogP contribution in [0.2, 0.25) is 30.8 Å². The van der Waals surface area contributed by atoms with E-state index >= 15 is 0 Å². The fraction of sp³-hybridized carbons (Fsp3) is 0.500. The minimum Gasteiger partial charge on any atom is -0.471 e. The Morgan fingerprint density at radius 3 is 2.69 bits per heavy atom. The third-order valence-corrected chi connectivity index (χ3v) is 6.86. The Morgan fingerprint density at radius 2 is 2.00 bits per heavy atom. The van der Waals surface area contributed by atoms with Crippen molar-refractivity contribution in [1.29, 1.82) is 0 Å². The zero-order valence-electron chi connectivity index (χ0n) is 17.3. The van der Waals surface area contributed by atoms with Crippen molar-refractivity contribution in [2.45, 2.75) is 57.8 Å². The summed E-state index contributed by atoms with van der Waals surface area (Å²) in [4.78, 5) is 13.1. The number of nitrogens with zero attached hydrogens (tertiary/aromatic N) is 5. The average Bonchev–Trinajstić information content (AvgIpc) is 3.25. The first kappa shape index (κ1) is 20.2. The number of aromatic nitrogens is 5. The second kappa shape index (κ2) is 7.66. The minimum atomic E-state index is -1.16. The first-order chi connectivity index (χ1) is 13.7. The number of ether oxygens (including phenoxy) is 2. The van der Waals surface area contributed by atoms with E-state index in [1.54, 1.807) is 10.7 Å². The average molecular weight is 432 g/mol. The Labute approximate surface area is 176 Å². The maximum absolute atomic E-state index is 6.12. The fourth-order valence-electron chi connectivity index (χ4n) is 2.92. The molecule has 0 radical (unpaired) electrons. The van der Waals surface area contributed by atoms with E-state index in [0.29, 0.717) is 30.1 Å². The van der Waals surface area contributed by atoms with Crippen LogP contribution in [0.3, 0.4) is 0 Å². The summed E-state index contributed by atoms with van der Waals surface area (Å²) in [6.07, 6.45) is 3.54. The SMILES string of the molecule is CC1(Oc2ccc3nn(COCC[Si](C)(C)C)c(-c4cc(Cl)ncn4)c3n2)CC1. The zero-order valence-corrected chi connectivity index (χ0v) is 19.0. The normalized spacial score (nSPS) is 15.6.